The predicted molar refractivity (Wildman–Crippen MR) is 77.6 cm³/mol. The quantitative estimate of drug-likeness (QED) is 0.722. The van der Waals surface area contributed by atoms with E-state index in [1.165, 1.54) is 6.07 Å². The van der Waals surface area contributed by atoms with Gasteiger partial charge in [0.1, 0.15) is 0 Å². The van der Waals surface area contributed by atoms with E-state index in [4.69, 9.17) is 11.6 Å². The van der Waals surface area contributed by atoms with Crippen molar-refractivity contribution in [1.82, 2.24) is 4.90 Å². The average molecular weight is 296 g/mol. The molecule has 0 saturated carbocycles. The van der Waals surface area contributed by atoms with E-state index in [1.807, 2.05) is 35.2 Å². The van der Waals surface area contributed by atoms with Gasteiger partial charge in [-0.15, -0.1) is 11.6 Å². The van der Waals surface area contributed by atoms with E-state index in [2.05, 4.69) is 0 Å². The van der Waals surface area contributed by atoms with Crippen LogP contribution in [0.25, 0.3) is 0 Å². The summed E-state index contributed by atoms with van der Waals surface area (Å²) >= 11 is 5.79. The Hall–Kier alpha value is -1.45. The highest BCUT2D eigenvalue weighted by Crippen LogP contribution is 2.15. The zero-order chi connectivity index (χ0) is 14.4. The Morgan fingerprint density at radius 3 is 2.35 bits per heavy atom. The van der Waals surface area contributed by atoms with Crippen molar-refractivity contribution >= 4 is 11.6 Å². The molecular formula is C16H16ClF2N. The molecule has 0 N–H and O–H groups in total. The lowest BCUT2D eigenvalue weighted by Crippen LogP contribution is -2.25. The highest BCUT2D eigenvalue weighted by molar-refractivity contribution is 6.18. The van der Waals surface area contributed by atoms with E-state index in [0.29, 0.717) is 31.1 Å². The minimum absolute atomic E-state index is 0.338. The van der Waals surface area contributed by atoms with Crippen LogP contribution in [0.3, 0.4) is 0 Å². The normalized spacial score (nSPS) is 11.0. The van der Waals surface area contributed by atoms with Crippen LogP contribution in [0, 0.1) is 11.6 Å². The summed E-state index contributed by atoms with van der Waals surface area (Å²) < 4.78 is 26.9. The third kappa shape index (κ3) is 4.02. The second-order valence-corrected chi connectivity index (χ2v) is 4.98. The zero-order valence-electron chi connectivity index (χ0n) is 11.0. The van der Waals surface area contributed by atoms with Gasteiger partial charge in [0.2, 0.25) is 0 Å². The van der Waals surface area contributed by atoms with E-state index in [0.717, 1.165) is 11.6 Å². The van der Waals surface area contributed by atoms with Crippen molar-refractivity contribution in [1.29, 1.82) is 0 Å². The average Bonchev–Trinajstić information content (AvgIpc) is 2.45. The summed E-state index contributed by atoms with van der Waals surface area (Å²) in [4.78, 5) is 2.00. The molecule has 0 fully saturated rings. The van der Waals surface area contributed by atoms with Gasteiger partial charge in [0.05, 0.1) is 0 Å². The van der Waals surface area contributed by atoms with Gasteiger partial charge in [-0.25, -0.2) is 8.78 Å². The maximum Gasteiger partial charge on any atom is 0.163 e. The molecule has 0 bridgehead atoms. The van der Waals surface area contributed by atoms with Crippen LogP contribution in [0.2, 0.25) is 0 Å². The van der Waals surface area contributed by atoms with E-state index in [9.17, 15) is 8.78 Å². The minimum Gasteiger partial charge on any atom is -0.294 e. The maximum atomic E-state index is 13.7. The van der Waals surface area contributed by atoms with Crippen LogP contribution in [0.4, 0.5) is 8.78 Å². The lowest BCUT2D eigenvalue weighted by molar-refractivity contribution is 0.267. The second kappa shape index (κ2) is 7.36. The smallest absolute Gasteiger partial charge is 0.163 e. The molecule has 0 aliphatic carbocycles. The van der Waals surface area contributed by atoms with Crippen molar-refractivity contribution in [2.75, 3.05) is 12.4 Å². The molecule has 106 valence electrons. The zero-order valence-corrected chi connectivity index (χ0v) is 11.8. The summed E-state index contributed by atoms with van der Waals surface area (Å²) in [6, 6.07) is 14.1. The van der Waals surface area contributed by atoms with Crippen molar-refractivity contribution in [2.45, 2.75) is 13.1 Å². The van der Waals surface area contributed by atoms with Gasteiger partial charge in [0, 0.05) is 31.1 Å². The van der Waals surface area contributed by atoms with Crippen LogP contribution < -0.4 is 0 Å². The molecule has 20 heavy (non-hydrogen) atoms. The highest BCUT2D eigenvalue weighted by Gasteiger charge is 2.12. The Morgan fingerprint density at radius 2 is 1.65 bits per heavy atom. The van der Waals surface area contributed by atoms with Crippen molar-refractivity contribution in [3.8, 4) is 0 Å². The molecular weight excluding hydrogens is 280 g/mol. The molecule has 0 aromatic heterocycles. The summed E-state index contributed by atoms with van der Waals surface area (Å²) in [5.74, 6) is -1.14. The number of alkyl halides is 1. The summed E-state index contributed by atoms with van der Waals surface area (Å²) in [5, 5.41) is 0. The van der Waals surface area contributed by atoms with E-state index in [-0.39, 0.29) is 0 Å². The Morgan fingerprint density at radius 1 is 0.900 bits per heavy atom. The molecule has 2 aromatic carbocycles. The SMILES string of the molecule is Fc1cccc(CN(CCCl)Cc2ccccc2)c1F. The standard InChI is InChI=1S/C16H16ClF2N/c17-9-10-20(11-13-5-2-1-3-6-13)12-14-7-4-8-15(18)16(14)19/h1-8H,9-12H2. The number of rotatable bonds is 6. The summed E-state index contributed by atoms with van der Waals surface area (Å²) in [6.45, 7) is 1.61. The van der Waals surface area contributed by atoms with E-state index in [1.54, 1.807) is 6.07 Å². The van der Waals surface area contributed by atoms with Gasteiger partial charge in [-0.1, -0.05) is 42.5 Å². The Kier molecular flexibility index (Phi) is 5.50. The summed E-state index contributed by atoms with van der Waals surface area (Å²) in [7, 11) is 0. The third-order valence-corrected chi connectivity index (χ3v) is 3.24. The minimum atomic E-state index is -0.812. The number of hydrogen-bond acceptors (Lipinski definition) is 1. The van der Waals surface area contributed by atoms with Gasteiger partial charge in [-0.05, 0) is 11.6 Å². The molecule has 0 aliphatic heterocycles. The van der Waals surface area contributed by atoms with Crippen molar-refractivity contribution in [3.05, 3.63) is 71.3 Å². The monoisotopic (exact) mass is 295 g/mol. The van der Waals surface area contributed by atoms with Gasteiger partial charge in [-0.2, -0.15) is 0 Å². The lowest BCUT2D eigenvalue weighted by Gasteiger charge is -2.21. The van der Waals surface area contributed by atoms with Gasteiger partial charge in [-0.3, -0.25) is 4.90 Å². The molecule has 0 spiro atoms. The fourth-order valence-corrected chi connectivity index (χ4v) is 2.33. The number of halogens is 3. The van der Waals surface area contributed by atoms with E-state index < -0.39 is 11.6 Å². The van der Waals surface area contributed by atoms with Crippen molar-refractivity contribution < 1.29 is 8.78 Å². The summed E-state index contributed by atoms with van der Waals surface area (Å²) in [6.07, 6.45) is 0. The van der Waals surface area contributed by atoms with Gasteiger partial charge in [0.25, 0.3) is 0 Å². The van der Waals surface area contributed by atoms with Crippen LogP contribution in [-0.4, -0.2) is 17.3 Å². The topological polar surface area (TPSA) is 3.24 Å². The number of nitrogens with zero attached hydrogens (tertiary/aromatic N) is 1. The Balaban J connectivity index is 2.11. The second-order valence-electron chi connectivity index (χ2n) is 4.60. The first-order valence-corrected chi connectivity index (χ1v) is 6.99. The molecule has 0 radical (unpaired) electrons. The molecule has 0 heterocycles. The first-order valence-electron chi connectivity index (χ1n) is 6.46. The molecule has 4 heteroatoms. The van der Waals surface area contributed by atoms with Crippen molar-refractivity contribution in [2.24, 2.45) is 0 Å². The van der Waals surface area contributed by atoms with Gasteiger partial charge in [0.15, 0.2) is 11.6 Å². The van der Waals surface area contributed by atoms with Crippen molar-refractivity contribution in [3.63, 3.8) is 0 Å². The molecule has 0 saturated heterocycles. The van der Waals surface area contributed by atoms with Crippen LogP contribution >= 0.6 is 11.6 Å². The number of hydrogen-bond donors (Lipinski definition) is 0. The Labute approximate surface area is 122 Å². The largest absolute Gasteiger partial charge is 0.294 e. The molecule has 2 aromatic rings. The van der Waals surface area contributed by atoms with Gasteiger partial charge < -0.3 is 0 Å². The van der Waals surface area contributed by atoms with Crippen LogP contribution in [0.15, 0.2) is 48.5 Å². The maximum absolute atomic E-state index is 13.7. The van der Waals surface area contributed by atoms with Crippen LogP contribution in [0.1, 0.15) is 11.1 Å². The first-order chi connectivity index (χ1) is 9.70. The molecule has 0 atom stereocenters. The van der Waals surface area contributed by atoms with Crippen LogP contribution in [-0.2, 0) is 13.1 Å². The lowest BCUT2D eigenvalue weighted by atomic mass is 10.1. The number of benzene rings is 2. The molecule has 0 aliphatic rings. The van der Waals surface area contributed by atoms with Crippen LogP contribution in [0.5, 0.6) is 0 Å². The highest BCUT2D eigenvalue weighted by atomic mass is 35.5. The van der Waals surface area contributed by atoms with E-state index >= 15 is 0 Å². The fraction of sp³-hybridized carbons (Fsp3) is 0.250. The third-order valence-electron chi connectivity index (χ3n) is 3.08. The Bertz CT molecular complexity index is 545. The molecule has 1 nitrogen and oxygen atoms in total. The summed E-state index contributed by atoms with van der Waals surface area (Å²) in [5.41, 5.74) is 1.47. The molecule has 2 rings (SSSR count). The molecule has 0 unspecified atom stereocenters. The van der Waals surface area contributed by atoms with Gasteiger partial charge >= 0.3 is 0 Å². The first kappa shape index (κ1) is 14.9. The predicted octanol–water partition coefficient (Wildman–Crippen LogP) is 4.21. The molecule has 0 amide bonds. The fourth-order valence-electron chi connectivity index (χ4n) is 2.09.